The second kappa shape index (κ2) is 8.48. The maximum absolute atomic E-state index is 13.0. The first-order valence-electron chi connectivity index (χ1n) is 8.74. The highest BCUT2D eigenvalue weighted by molar-refractivity contribution is 5.97. The highest BCUT2D eigenvalue weighted by atomic mass is 35.5. The van der Waals surface area contributed by atoms with Crippen molar-refractivity contribution >= 4 is 24.2 Å². The monoisotopic (exact) mass is 405 g/mol. The van der Waals surface area contributed by atoms with Crippen LogP contribution in [0.25, 0.3) is 0 Å². The van der Waals surface area contributed by atoms with Gasteiger partial charge in [0.25, 0.3) is 5.91 Å². The van der Waals surface area contributed by atoms with Crippen molar-refractivity contribution in [2.45, 2.75) is 25.4 Å². The van der Waals surface area contributed by atoms with Crippen LogP contribution in [0.3, 0.4) is 0 Å². The van der Waals surface area contributed by atoms with E-state index in [9.17, 15) is 22.8 Å². The Balaban J connectivity index is 0.00000261. The van der Waals surface area contributed by atoms with Gasteiger partial charge in [-0.05, 0) is 43.4 Å². The lowest BCUT2D eigenvalue weighted by Gasteiger charge is -2.38. The Morgan fingerprint density at radius 3 is 2.41 bits per heavy atom. The molecule has 5 nitrogen and oxygen atoms in total. The summed E-state index contributed by atoms with van der Waals surface area (Å²) in [5.41, 5.74) is -1.20. The molecule has 1 aromatic rings. The van der Waals surface area contributed by atoms with Crippen molar-refractivity contribution in [2.24, 2.45) is 5.41 Å². The summed E-state index contributed by atoms with van der Waals surface area (Å²) in [4.78, 5) is 26.1. The molecule has 2 heterocycles. The number of hydrogen-bond acceptors (Lipinski definition) is 3. The lowest BCUT2D eigenvalue weighted by atomic mass is 9.78. The minimum Gasteiger partial charge on any atom is -0.343 e. The van der Waals surface area contributed by atoms with Crippen molar-refractivity contribution in [3.63, 3.8) is 0 Å². The minimum absolute atomic E-state index is 0. The number of amides is 2. The van der Waals surface area contributed by atoms with Crippen LogP contribution in [0.4, 0.5) is 13.2 Å². The number of nitrogens with one attached hydrogen (secondary N) is 2. The van der Waals surface area contributed by atoms with E-state index in [0.717, 1.165) is 44.5 Å². The Labute approximate surface area is 162 Å². The third-order valence-corrected chi connectivity index (χ3v) is 5.39. The largest absolute Gasteiger partial charge is 0.417 e. The molecule has 2 fully saturated rings. The van der Waals surface area contributed by atoms with Gasteiger partial charge in [-0.3, -0.25) is 9.59 Å². The molecule has 0 saturated carbocycles. The number of carbonyl (C=O) groups is 2. The summed E-state index contributed by atoms with van der Waals surface area (Å²) in [5, 5.41) is 5.68. The van der Waals surface area contributed by atoms with Crippen molar-refractivity contribution in [1.29, 1.82) is 0 Å². The Morgan fingerprint density at radius 2 is 1.81 bits per heavy atom. The maximum Gasteiger partial charge on any atom is 0.417 e. The highest BCUT2D eigenvalue weighted by Gasteiger charge is 2.38. The summed E-state index contributed by atoms with van der Waals surface area (Å²) in [5.74, 6) is -1.15. The van der Waals surface area contributed by atoms with E-state index in [1.807, 2.05) is 0 Å². The molecule has 0 atom stereocenters. The number of piperidine rings is 1. The molecule has 2 N–H and O–H groups in total. The van der Waals surface area contributed by atoms with Crippen LogP contribution in [0.1, 0.15) is 35.2 Å². The molecular formula is C18H23ClF3N3O2. The van der Waals surface area contributed by atoms with Crippen LogP contribution in [-0.4, -0.2) is 49.4 Å². The van der Waals surface area contributed by atoms with Crippen LogP contribution >= 0.6 is 12.4 Å². The third kappa shape index (κ3) is 4.93. The standard InChI is InChI=1S/C18H22F3N3O2.ClH/c19-18(20,21)14-4-2-1-3-13(14)16(26)23-11-15(25)24-9-6-17(7-10-24)5-8-22-12-17;/h1-4,22H,5-12H2,(H,23,26);1H. The Kier molecular flexibility index (Phi) is 6.75. The molecule has 2 aliphatic rings. The van der Waals surface area contributed by atoms with E-state index in [-0.39, 0.29) is 30.3 Å². The van der Waals surface area contributed by atoms with Gasteiger partial charge in [0.1, 0.15) is 0 Å². The fourth-order valence-corrected chi connectivity index (χ4v) is 3.74. The van der Waals surface area contributed by atoms with Crippen LogP contribution in [0, 0.1) is 5.41 Å². The summed E-state index contributed by atoms with van der Waals surface area (Å²) < 4.78 is 38.9. The number of benzene rings is 1. The van der Waals surface area contributed by atoms with Crippen LogP contribution in [-0.2, 0) is 11.0 Å². The van der Waals surface area contributed by atoms with E-state index in [4.69, 9.17) is 0 Å². The van der Waals surface area contributed by atoms with E-state index < -0.39 is 23.2 Å². The molecule has 1 spiro atoms. The van der Waals surface area contributed by atoms with Gasteiger partial charge >= 0.3 is 6.18 Å². The number of halogens is 4. The van der Waals surface area contributed by atoms with Gasteiger partial charge in [0.15, 0.2) is 0 Å². The predicted molar refractivity (Wildman–Crippen MR) is 96.8 cm³/mol. The average Bonchev–Trinajstić information content (AvgIpc) is 3.07. The number of likely N-dealkylation sites (tertiary alicyclic amines) is 1. The number of nitrogens with zero attached hydrogens (tertiary/aromatic N) is 1. The molecule has 2 amide bonds. The van der Waals surface area contributed by atoms with Crippen LogP contribution in [0.15, 0.2) is 24.3 Å². The zero-order valence-electron chi connectivity index (χ0n) is 14.8. The quantitative estimate of drug-likeness (QED) is 0.812. The molecule has 0 aromatic heterocycles. The first-order chi connectivity index (χ1) is 12.3. The third-order valence-electron chi connectivity index (χ3n) is 5.39. The summed E-state index contributed by atoms with van der Waals surface area (Å²) >= 11 is 0. The predicted octanol–water partition coefficient (Wildman–Crippen LogP) is 2.46. The summed E-state index contributed by atoms with van der Waals surface area (Å²) in [7, 11) is 0. The van der Waals surface area contributed by atoms with Crippen LogP contribution in [0.5, 0.6) is 0 Å². The Morgan fingerprint density at radius 1 is 1.15 bits per heavy atom. The van der Waals surface area contributed by atoms with E-state index in [2.05, 4.69) is 10.6 Å². The van der Waals surface area contributed by atoms with Crippen molar-refractivity contribution in [3.8, 4) is 0 Å². The highest BCUT2D eigenvalue weighted by Crippen LogP contribution is 2.36. The van der Waals surface area contributed by atoms with Gasteiger partial charge in [-0.25, -0.2) is 0 Å². The smallest absolute Gasteiger partial charge is 0.343 e. The Hall–Kier alpha value is -1.80. The molecule has 0 aliphatic carbocycles. The van der Waals surface area contributed by atoms with Gasteiger partial charge in [0, 0.05) is 19.6 Å². The lowest BCUT2D eigenvalue weighted by molar-refractivity contribution is -0.137. The van der Waals surface area contributed by atoms with E-state index in [1.165, 1.54) is 12.1 Å². The first-order valence-corrected chi connectivity index (χ1v) is 8.74. The van der Waals surface area contributed by atoms with Crippen molar-refractivity contribution in [1.82, 2.24) is 15.5 Å². The number of rotatable bonds is 3. The van der Waals surface area contributed by atoms with Crippen molar-refractivity contribution < 1.29 is 22.8 Å². The zero-order chi connectivity index (χ0) is 18.8. The van der Waals surface area contributed by atoms with Gasteiger partial charge < -0.3 is 15.5 Å². The molecule has 0 unspecified atom stereocenters. The normalized spacial score (nSPS) is 18.9. The molecule has 2 aliphatic heterocycles. The number of hydrogen-bond donors (Lipinski definition) is 2. The van der Waals surface area contributed by atoms with Gasteiger partial charge in [0.05, 0.1) is 17.7 Å². The summed E-state index contributed by atoms with van der Waals surface area (Å²) in [6.07, 6.45) is -1.68. The van der Waals surface area contributed by atoms with Crippen LogP contribution < -0.4 is 10.6 Å². The van der Waals surface area contributed by atoms with Crippen molar-refractivity contribution in [2.75, 3.05) is 32.7 Å². The van der Waals surface area contributed by atoms with E-state index >= 15 is 0 Å². The van der Waals surface area contributed by atoms with Crippen molar-refractivity contribution in [3.05, 3.63) is 35.4 Å². The second-order valence-electron chi connectivity index (χ2n) is 7.03. The van der Waals surface area contributed by atoms with Crippen LogP contribution in [0.2, 0.25) is 0 Å². The molecule has 1 aromatic carbocycles. The maximum atomic E-state index is 13.0. The molecule has 150 valence electrons. The molecule has 0 radical (unpaired) electrons. The SMILES string of the molecule is Cl.O=C(NCC(=O)N1CCC2(CCNC2)CC1)c1ccccc1C(F)(F)F. The fourth-order valence-electron chi connectivity index (χ4n) is 3.74. The topological polar surface area (TPSA) is 61.4 Å². The fraction of sp³-hybridized carbons (Fsp3) is 0.556. The average molecular weight is 406 g/mol. The van der Waals surface area contributed by atoms with Gasteiger partial charge in [-0.2, -0.15) is 13.2 Å². The molecular weight excluding hydrogens is 383 g/mol. The van der Waals surface area contributed by atoms with E-state index in [0.29, 0.717) is 13.1 Å². The summed E-state index contributed by atoms with van der Waals surface area (Å²) in [6.45, 7) is 2.92. The van der Waals surface area contributed by atoms with Gasteiger partial charge in [-0.15, -0.1) is 12.4 Å². The lowest BCUT2D eigenvalue weighted by Crippen LogP contribution is -2.47. The summed E-state index contributed by atoms with van der Waals surface area (Å²) in [6, 6.07) is 4.56. The second-order valence-corrected chi connectivity index (χ2v) is 7.03. The molecule has 3 rings (SSSR count). The van der Waals surface area contributed by atoms with E-state index in [1.54, 1.807) is 4.90 Å². The number of alkyl halides is 3. The number of carbonyl (C=O) groups excluding carboxylic acids is 2. The zero-order valence-corrected chi connectivity index (χ0v) is 15.6. The molecule has 2 saturated heterocycles. The molecule has 0 bridgehead atoms. The van der Waals surface area contributed by atoms with Gasteiger partial charge in [0.2, 0.25) is 5.91 Å². The minimum atomic E-state index is -4.62. The molecule has 9 heteroatoms. The first kappa shape index (κ1) is 21.5. The van der Waals surface area contributed by atoms with Gasteiger partial charge in [-0.1, -0.05) is 12.1 Å². The molecule has 27 heavy (non-hydrogen) atoms. The Bertz CT molecular complexity index is 681.